The van der Waals surface area contributed by atoms with Crippen LogP contribution >= 0.6 is 0 Å². The number of hydrogen-bond acceptors (Lipinski definition) is 3. The molecule has 0 spiro atoms. The molecule has 0 saturated carbocycles. The third-order valence-corrected chi connectivity index (χ3v) is 4.89. The van der Waals surface area contributed by atoms with Crippen LogP contribution in [0.5, 0.6) is 5.88 Å². The summed E-state index contributed by atoms with van der Waals surface area (Å²) in [6, 6.07) is 0.113. The average molecular weight is 303 g/mol. The van der Waals surface area contributed by atoms with Gasteiger partial charge in [-0.25, -0.2) is 4.68 Å². The predicted molar refractivity (Wildman–Crippen MR) is 84.7 cm³/mol. The average Bonchev–Trinajstić information content (AvgIpc) is 3.10. The number of aryl methyl sites for hydroxylation is 2. The van der Waals surface area contributed by atoms with Crippen molar-refractivity contribution in [2.45, 2.75) is 45.1 Å². The highest BCUT2D eigenvalue weighted by Crippen LogP contribution is 2.40. The summed E-state index contributed by atoms with van der Waals surface area (Å²) in [6.45, 7) is 2.85. The van der Waals surface area contributed by atoms with Crippen LogP contribution in [0.3, 0.4) is 0 Å². The molecule has 120 valence electrons. The molecule has 1 saturated heterocycles. The van der Waals surface area contributed by atoms with Crippen molar-refractivity contribution >= 4 is 5.91 Å². The van der Waals surface area contributed by atoms with E-state index < -0.39 is 0 Å². The van der Waals surface area contributed by atoms with E-state index in [2.05, 4.69) is 22.2 Å². The molecule has 0 unspecified atom stereocenters. The van der Waals surface area contributed by atoms with Gasteiger partial charge in [0.05, 0.1) is 24.4 Å². The second kappa shape index (κ2) is 6.15. The Balaban J connectivity index is 1.87. The molecule has 3 rings (SSSR count). The molecular weight excluding hydrogens is 278 g/mol. The van der Waals surface area contributed by atoms with Crippen LogP contribution in [0.2, 0.25) is 0 Å². The van der Waals surface area contributed by atoms with Gasteiger partial charge in [0.1, 0.15) is 0 Å². The summed E-state index contributed by atoms with van der Waals surface area (Å²) in [5.74, 6) is 1.23. The van der Waals surface area contributed by atoms with E-state index in [1.165, 1.54) is 0 Å². The number of hydrogen-bond donors (Lipinski definition) is 0. The number of allylic oxidation sites excluding steroid dienone is 2. The highest BCUT2D eigenvalue weighted by atomic mass is 16.5. The maximum atomic E-state index is 12.9. The summed E-state index contributed by atoms with van der Waals surface area (Å²) in [7, 11) is 3.56. The quantitative estimate of drug-likeness (QED) is 0.807. The zero-order valence-corrected chi connectivity index (χ0v) is 13.7. The number of amides is 1. The molecule has 1 aliphatic heterocycles. The largest absolute Gasteiger partial charge is 0.481 e. The molecule has 2 heterocycles. The van der Waals surface area contributed by atoms with Gasteiger partial charge in [-0.05, 0) is 39.0 Å². The second-order valence-corrected chi connectivity index (χ2v) is 6.30. The van der Waals surface area contributed by atoms with E-state index in [4.69, 9.17) is 4.74 Å². The number of aromatic nitrogens is 2. The molecule has 2 aliphatic rings. The number of carbonyl (C=O) groups excluding carboxylic acids is 1. The van der Waals surface area contributed by atoms with Crippen LogP contribution in [0.1, 0.15) is 49.4 Å². The van der Waals surface area contributed by atoms with Crippen LogP contribution in [0.25, 0.3) is 0 Å². The summed E-state index contributed by atoms with van der Waals surface area (Å²) in [5.41, 5.74) is 2.05. The molecular formula is C17H25N3O2. The molecule has 5 heteroatoms. The lowest BCUT2D eigenvalue weighted by Crippen LogP contribution is -2.36. The SMILES string of the molecule is COc1c([C@H]2CCCN2C(=O)[C@H]2CC=CCC2)c(C)nn1C. The lowest BCUT2D eigenvalue weighted by Gasteiger charge is -2.29. The van der Waals surface area contributed by atoms with Gasteiger partial charge < -0.3 is 9.64 Å². The fourth-order valence-corrected chi connectivity index (χ4v) is 3.86. The van der Waals surface area contributed by atoms with Crippen molar-refractivity contribution in [1.82, 2.24) is 14.7 Å². The molecule has 1 amide bonds. The monoisotopic (exact) mass is 303 g/mol. The minimum Gasteiger partial charge on any atom is -0.481 e. The lowest BCUT2D eigenvalue weighted by atomic mass is 9.92. The Kier molecular flexibility index (Phi) is 4.23. The number of rotatable bonds is 3. The van der Waals surface area contributed by atoms with E-state index in [1.54, 1.807) is 11.8 Å². The van der Waals surface area contributed by atoms with Gasteiger partial charge in [0.15, 0.2) is 0 Å². The van der Waals surface area contributed by atoms with E-state index in [9.17, 15) is 4.79 Å². The molecule has 0 radical (unpaired) electrons. The van der Waals surface area contributed by atoms with Gasteiger partial charge in [0.25, 0.3) is 0 Å². The third kappa shape index (κ3) is 2.53. The summed E-state index contributed by atoms with van der Waals surface area (Å²) in [4.78, 5) is 15.0. The fraction of sp³-hybridized carbons (Fsp3) is 0.647. The first-order valence-electron chi connectivity index (χ1n) is 8.16. The topological polar surface area (TPSA) is 47.4 Å². The van der Waals surface area contributed by atoms with E-state index in [1.807, 2.05) is 14.0 Å². The fourth-order valence-electron chi connectivity index (χ4n) is 3.86. The van der Waals surface area contributed by atoms with E-state index >= 15 is 0 Å². The maximum absolute atomic E-state index is 12.9. The Morgan fingerprint density at radius 1 is 1.36 bits per heavy atom. The van der Waals surface area contributed by atoms with Crippen LogP contribution in [-0.4, -0.2) is 34.2 Å². The standard InChI is InChI=1S/C17H25N3O2/c1-12-15(17(22-3)19(2)18-12)14-10-7-11-20(14)16(21)13-8-5-4-6-9-13/h4-5,13-14H,6-11H2,1-3H3/t13-,14+/m0/s1. The van der Waals surface area contributed by atoms with Gasteiger partial charge >= 0.3 is 0 Å². The predicted octanol–water partition coefficient (Wildman–Crippen LogP) is 2.76. The molecule has 1 aliphatic carbocycles. The van der Waals surface area contributed by atoms with Crippen molar-refractivity contribution in [3.63, 3.8) is 0 Å². The first kappa shape index (κ1) is 15.1. The van der Waals surface area contributed by atoms with E-state index in [-0.39, 0.29) is 12.0 Å². The first-order valence-corrected chi connectivity index (χ1v) is 8.16. The smallest absolute Gasteiger partial charge is 0.226 e. The molecule has 0 aromatic carbocycles. The van der Waals surface area contributed by atoms with Gasteiger partial charge in [0.2, 0.25) is 11.8 Å². The molecule has 0 bridgehead atoms. The van der Waals surface area contributed by atoms with Crippen molar-refractivity contribution in [1.29, 1.82) is 0 Å². The zero-order valence-electron chi connectivity index (χ0n) is 13.7. The molecule has 22 heavy (non-hydrogen) atoms. The number of likely N-dealkylation sites (tertiary alicyclic amines) is 1. The van der Waals surface area contributed by atoms with E-state index in [0.717, 1.165) is 55.8 Å². The Bertz CT molecular complexity index is 591. The van der Waals surface area contributed by atoms with Crippen LogP contribution in [0.15, 0.2) is 12.2 Å². The molecule has 1 aromatic heterocycles. The number of carbonyl (C=O) groups is 1. The van der Waals surface area contributed by atoms with Gasteiger partial charge in [-0.15, -0.1) is 0 Å². The van der Waals surface area contributed by atoms with Crippen molar-refractivity contribution in [2.75, 3.05) is 13.7 Å². The highest BCUT2D eigenvalue weighted by molar-refractivity contribution is 5.80. The highest BCUT2D eigenvalue weighted by Gasteiger charge is 2.37. The van der Waals surface area contributed by atoms with Crippen LogP contribution in [0, 0.1) is 12.8 Å². The molecule has 1 fully saturated rings. The van der Waals surface area contributed by atoms with Crippen molar-refractivity contribution < 1.29 is 9.53 Å². The summed E-state index contributed by atoms with van der Waals surface area (Å²) in [5, 5.41) is 4.48. The molecule has 0 N–H and O–H groups in total. The third-order valence-electron chi connectivity index (χ3n) is 4.89. The van der Waals surface area contributed by atoms with Crippen LogP contribution < -0.4 is 4.74 Å². The molecule has 1 aromatic rings. The van der Waals surface area contributed by atoms with E-state index in [0.29, 0.717) is 5.91 Å². The maximum Gasteiger partial charge on any atom is 0.226 e. The Morgan fingerprint density at radius 3 is 2.86 bits per heavy atom. The second-order valence-electron chi connectivity index (χ2n) is 6.30. The number of nitrogens with zero attached hydrogens (tertiary/aromatic N) is 3. The van der Waals surface area contributed by atoms with Crippen molar-refractivity contribution in [3.05, 3.63) is 23.4 Å². The number of methoxy groups -OCH3 is 1. The minimum atomic E-state index is 0.113. The van der Waals surface area contributed by atoms with Crippen LogP contribution in [0.4, 0.5) is 0 Å². The zero-order chi connectivity index (χ0) is 15.7. The van der Waals surface area contributed by atoms with Gasteiger partial charge in [-0.1, -0.05) is 12.2 Å². The minimum absolute atomic E-state index is 0.113. The lowest BCUT2D eigenvalue weighted by molar-refractivity contribution is -0.136. The van der Waals surface area contributed by atoms with Gasteiger partial charge in [0, 0.05) is 19.5 Å². The summed E-state index contributed by atoms with van der Waals surface area (Å²) < 4.78 is 7.31. The Hall–Kier alpha value is -1.78. The molecule has 5 nitrogen and oxygen atoms in total. The van der Waals surface area contributed by atoms with Gasteiger partial charge in [-0.3, -0.25) is 4.79 Å². The normalized spacial score (nSPS) is 24.8. The number of ether oxygens (including phenoxy) is 1. The van der Waals surface area contributed by atoms with Crippen LogP contribution in [-0.2, 0) is 11.8 Å². The summed E-state index contributed by atoms with van der Waals surface area (Å²) >= 11 is 0. The van der Waals surface area contributed by atoms with Crippen molar-refractivity contribution in [2.24, 2.45) is 13.0 Å². The van der Waals surface area contributed by atoms with Crippen molar-refractivity contribution in [3.8, 4) is 5.88 Å². The summed E-state index contributed by atoms with van der Waals surface area (Å²) in [6.07, 6.45) is 9.25. The van der Waals surface area contributed by atoms with Gasteiger partial charge in [-0.2, -0.15) is 5.10 Å². The first-order chi connectivity index (χ1) is 10.6. The Morgan fingerprint density at radius 2 is 2.18 bits per heavy atom. The Labute approximate surface area is 131 Å². The molecule has 2 atom stereocenters.